The molecule has 0 saturated carbocycles. The van der Waals surface area contributed by atoms with Crippen molar-refractivity contribution in [3.63, 3.8) is 0 Å². The van der Waals surface area contributed by atoms with Gasteiger partial charge in [-0.25, -0.2) is 0 Å². The fourth-order valence-corrected chi connectivity index (χ4v) is 4.47. The van der Waals surface area contributed by atoms with Crippen molar-refractivity contribution in [3.05, 3.63) is 0 Å². The average molecular weight is 290 g/mol. The lowest BCUT2D eigenvalue weighted by molar-refractivity contribution is -0.143. The molecule has 0 aliphatic heterocycles. The van der Waals surface area contributed by atoms with Crippen LogP contribution in [0.25, 0.3) is 0 Å². The molecule has 0 fully saturated rings. The van der Waals surface area contributed by atoms with Gasteiger partial charge >= 0.3 is 14.5 Å². The highest BCUT2D eigenvalue weighted by atomic mass is 28.4. The molecule has 5 heteroatoms. The number of esters is 1. The largest absolute Gasteiger partial charge is 0.466 e. The molecular formula is C14H30O4Si. The van der Waals surface area contributed by atoms with Crippen molar-refractivity contribution >= 4 is 14.5 Å². The average Bonchev–Trinajstić information content (AvgIpc) is 2.37. The molecule has 0 heterocycles. The minimum atomic E-state index is -1.93. The summed E-state index contributed by atoms with van der Waals surface area (Å²) in [5, 5.41) is 0. The molecule has 0 N–H and O–H groups in total. The predicted molar refractivity (Wildman–Crippen MR) is 79.4 cm³/mol. The first-order valence-corrected chi connectivity index (χ1v) is 10.0. The Labute approximate surface area is 119 Å². The van der Waals surface area contributed by atoms with Crippen molar-refractivity contribution in [3.8, 4) is 0 Å². The third-order valence-corrected chi connectivity index (χ3v) is 6.04. The summed E-state index contributed by atoms with van der Waals surface area (Å²) in [4.78, 5) is 10.9. The van der Waals surface area contributed by atoms with Gasteiger partial charge in [-0.2, -0.15) is 0 Å². The summed E-state index contributed by atoms with van der Waals surface area (Å²) in [7, 11) is -1.93. The number of rotatable bonds is 12. The first-order chi connectivity index (χ1) is 9.08. The molecule has 0 atom stereocenters. The molecule has 0 amide bonds. The van der Waals surface area contributed by atoms with Crippen LogP contribution in [0.3, 0.4) is 0 Å². The van der Waals surface area contributed by atoms with Gasteiger partial charge in [-0.05, 0) is 32.9 Å². The summed E-state index contributed by atoms with van der Waals surface area (Å²) < 4.78 is 16.6. The van der Waals surface area contributed by atoms with Gasteiger partial charge in [0.25, 0.3) is 0 Å². The molecule has 0 radical (unpaired) electrons. The molecule has 0 rings (SSSR count). The van der Waals surface area contributed by atoms with Gasteiger partial charge in [0.2, 0.25) is 0 Å². The maximum atomic E-state index is 10.9. The summed E-state index contributed by atoms with van der Waals surface area (Å²) in [5.74, 6) is -0.104. The van der Waals surface area contributed by atoms with Crippen LogP contribution in [0, 0.1) is 0 Å². The van der Waals surface area contributed by atoms with E-state index in [1.807, 2.05) is 20.8 Å². The normalized spacial score (nSPS) is 11.6. The van der Waals surface area contributed by atoms with Gasteiger partial charge in [-0.3, -0.25) is 4.79 Å². The first kappa shape index (κ1) is 18.6. The summed E-state index contributed by atoms with van der Waals surface area (Å²) in [6.07, 6.45) is 4.79. The number of carbonyl (C=O) groups is 1. The van der Waals surface area contributed by atoms with E-state index >= 15 is 0 Å². The van der Waals surface area contributed by atoms with E-state index in [4.69, 9.17) is 13.6 Å². The molecule has 0 spiro atoms. The fraction of sp³-hybridized carbons (Fsp3) is 0.929. The van der Waals surface area contributed by atoms with Crippen LogP contribution in [0.2, 0.25) is 12.6 Å². The molecule has 0 aromatic rings. The van der Waals surface area contributed by atoms with Gasteiger partial charge in [-0.15, -0.1) is 0 Å². The van der Waals surface area contributed by atoms with Crippen molar-refractivity contribution in [1.82, 2.24) is 0 Å². The van der Waals surface area contributed by atoms with Crippen molar-refractivity contribution < 1.29 is 18.4 Å². The lowest BCUT2D eigenvalue weighted by Crippen LogP contribution is -2.38. The second-order valence-corrected chi connectivity index (χ2v) is 8.08. The molecule has 0 saturated heterocycles. The van der Waals surface area contributed by atoms with Crippen LogP contribution in [0.1, 0.15) is 52.9 Å². The van der Waals surface area contributed by atoms with E-state index < -0.39 is 8.56 Å². The van der Waals surface area contributed by atoms with E-state index in [-0.39, 0.29) is 5.97 Å². The Balaban J connectivity index is 3.57. The molecule has 19 heavy (non-hydrogen) atoms. The highest BCUT2D eigenvalue weighted by Gasteiger charge is 2.29. The number of ether oxygens (including phenoxy) is 1. The third-order valence-electron chi connectivity index (χ3n) is 2.98. The fourth-order valence-electron chi connectivity index (χ4n) is 1.99. The van der Waals surface area contributed by atoms with E-state index in [1.54, 1.807) is 0 Å². The maximum Gasteiger partial charge on any atom is 0.334 e. The molecule has 0 aliphatic carbocycles. The van der Waals surface area contributed by atoms with Crippen molar-refractivity contribution in [1.29, 1.82) is 0 Å². The Hall–Kier alpha value is -0.393. The van der Waals surface area contributed by atoms with E-state index in [2.05, 4.69) is 6.55 Å². The maximum absolute atomic E-state index is 10.9. The van der Waals surface area contributed by atoms with Crippen LogP contribution in [0.5, 0.6) is 0 Å². The molecule has 0 aromatic carbocycles. The number of carbonyl (C=O) groups excluding carboxylic acids is 1. The van der Waals surface area contributed by atoms with Crippen LogP contribution < -0.4 is 0 Å². The zero-order chi connectivity index (χ0) is 14.6. The van der Waals surface area contributed by atoms with Crippen LogP contribution in [0.4, 0.5) is 0 Å². The minimum absolute atomic E-state index is 0.104. The monoisotopic (exact) mass is 290 g/mol. The zero-order valence-corrected chi connectivity index (χ0v) is 14.0. The molecule has 0 bridgehead atoms. The third kappa shape index (κ3) is 10.1. The number of hydrogen-bond acceptors (Lipinski definition) is 4. The van der Waals surface area contributed by atoms with Gasteiger partial charge in [0, 0.05) is 19.6 Å². The molecular weight excluding hydrogens is 260 g/mol. The smallest absolute Gasteiger partial charge is 0.334 e. The van der Waals surface area contributed by atoms with Crippen molar-refractivity contribution in [2.45, 2.75) is 65.5 Å². The van der Waals surface area contributed by atoms with E-state index in [0.717, 1.165) is 44.9 Å². The topological polar surface area (TPSA) is 44.8 Å². The lowest BCUT2D eigenvalue weighted by atomic mass is 10.2. The Bertz CT molecular complexity index is 227. The summed E-state index contributed by atoms with van der Waals surface area (Å²) in [6.45, 7) is 10.0. The van der Waals surface area contributed by atoms with Crippen molar-refractivity contribution in [2.75, 3.05) is 19.8 Å². The molecule has 0 aromatic heterocycles. The van der Waals surface area contributed by atoms with Gasteiger partial charge in [0.1, 0.15) is 0 Å². The summed E-state index contributed by atoms with van der Waals surface area (Å²) >= 11 is 0. The van der Waals surface area contributed by atoms with E-state index in [1.165, 1.54) is 0 Å². The van der Waals surface area contributed by atoms with Gasteiger partial charge in [0.05, 0.1) is 6.61 Å². The minimum Gasteiger partial charge on any atom is -0.466 e. The molecule has 4 nitrogen and oxygen atoms in total. The van der Waals surface area contributed by atoms with E-state index in [9.17, 15) is 4.79 Å². The Kier molecular flexibility index (Phi) is 11.2. The zero-order valence-electron chi connectivity index (χ0n) is 13.0. The standard InChI is InChI=1S/C14H30O4Si/c1-5-14(15)16-12-10-8-9-11-13-19(4,17-6-2)18-7-3/h5-13H2,1-4H3. The highest BCUT2D eigenvalue weighted by molar-refractivity contribution is 6.66. The van der Waals surface area contributed by atoms with Crippen LogP contribution in [-0.4, -0.2) is 34.4 Å². The highest BCUT2D eigenvalue weighted by Crippen LogP contribution is 2.18. The second-order valence-electron chi connectivity index (χ2n) is 4.74. The van der Waals surface area contributed by atoms with Crippen LogP contribution in [0.15, 0.2) is 0 Å². The molecule has 0 aliphatic rings. The Morgan fingerprint density at radius 3 is 2.05 bits per heavy atom. The van der Waals surface area contributed by atoms with Gasteiger partial charge < -0.3 is 13.6 Å². The quantitative estimate of drug-likeness (QED) is 0.313. The predicted octanol–water partition coefficient (Wildman–Crippen LogP) is 3.65. The molecule has 0 unspecified atom stereocenters. The van der Waals surface area contributed by atoms with Crippen LogP contribution >= 0.6 is 0 Å². The second kappa shape index (κ2) is 11.4. The Morgan fingerprint density at radius 2 is 1.53 bits per heavy atom. The number of unbranched alkanes of at least 4 members (excludes halogenated alkanes) is 3. The first-order valence-electron chi connectivity index (χ1n) is 7.51. The van der Waals surface area contributed by atoms with Gasteiger partial charge in [0.15, 0.2) is 0 Å². The summed E-state index contributed by atoms with van der Waals surface area (Å²) in [6, 6.07) is 1.05. The summed E-state index contributed by atoms with van der Waals surface area (Å²) in [5.41, 5.74) is 0. The van der Waals surface area contributed by atoms with Crippen molar-refractivity contribution in [2.24, 2.45) is 0 Å². The van der Waals surface area contributed by atoms with E-state index in [0.29, 0.717) is 13.0 Å². The lowest BCUT2D eigenvalue weighted by Gasteiger charge is -2.25. The Morgan fingerprint density at radius 1 is 0.947 bits per heavy atom. The molecule has 114 valence electrons. The van der Waals surface area contributed by atoms with Crippen LogP contribution in [-0.2, 0) is 18.4 Å². The number of hydrogen-bond donors (Lipinski definition) is 0. The van der Waals surface area contributed by atoms with Gasteiger partial charge in [-0.1, -0.05) is 26.2 Å². The SMILES string of the molecule is CCO[Si](C)(CCCCCCOC(=O)CC)OCC.